The van der Waals surface area contributed by atoms with Gasteiger partial charge in [0.2, 0.25) is 5.91 Å². The van der Waals surface area contributed by atoms with Gasteiger partial charge in [0, 0.05) is 28.9 Å². The fraction of sp³-hybridized carbons (Fsp3) is 0.441. The van der Waals surface area contributed by atoms with Crippen molar-refractivity contribution in [3.63, 3.8) is 0 Å². The van der Waals surface area contributed by atoms with Gasteiger partial charge in [0.25, 0.3) is 0 Å². The molecule has 1 unspecified atom stereocenters. The zero-order valence-corrected chi connectivity index (χ0v) is 24.8. The number of ether oxygens (including phenoxy) is 1. The molecule has 1 aliphatic rings. The first-order valence-electron chi connectivity index (χ1n) is 14.1. The summed E-state index contributed by atoms with van der Waals surface area (Å²) in [6.07, 6.45) is 0. The van der Waals surface area contributed by atoms with E-state index in [1.807, 2.05) is 42.5 Å². The highest BCUT2D eigenvalue weighted by Crippen LogP contribution is 2.53. The van der Waals surface area contributed by atoms with Gasteiger partial charge in [-0.1, -0.05) is 85.7 Å². The van der Waals surface area contributed by atoms with Gasteiger partial charge in [-0.15, -0.1) is 0 Å². The first kappa shape index (κ1) is 28.7. The zero-order chi connectivity index (χ0) is 28.6. The predicted octanol–water partition coefficient (Wildman–Crippen LogP) is 6.99. The number of phenolic OH excluding ortho intramolecular Hbond substituents is 1. The standard InChI is InChI=1S/C34H44N2O3/c1-9-36(10-2)19-20-39-30-18-16-24(33(6,7)8)22-27(30)34(25-13-11-12-14-28(25)35-31(34)38)26-21-23(32(3,4)5)15-17-29(26)37/h11-18,21-22,37H,9-10,19-20H2,1-8H3,(H,35,38). The van der Waals surface area contributed by atoms with E-state index in [-0.39, 0.29) is 22.5 Å². The summed E-state index contributed by atoms with van der Waals surface area (Å²) >= 11 is 0. The number of amides is 1. The number of hydrogen-bond acceptors (Lipinski definition) is 4. The summed E-state index contributed by atoms with van der Waals surface area (Å²) in [5, 5.41) is 14.6. The number of phenols is 1. The largest absolute Gasteiger partial charge is 0.508 e. The van der Waals surface area contributed by atoms with Crippen LogP contribution in [0.2, 0.25) is 0 Å². The van der Waals surface area contributed by atoms with Crippen molar-refractivity contribution < 1.29 is 14.6 Å². The van der Waals surface area contributed by atoms with Crippen LogP contribution in [0.15, 0.2) is 60.7 Å². The quantitative estimate of drug-likeness (QED) is 0.331. The summed E-state index contributed by atoms with van der Waals surface area (Å²) < 4.78 is 6.50. The molecule has 1 atom stereocenters. The summed E-state index contributed by atoms with van der Waals surface area (Å²) in [4.78, 5) is 16.7. The minimum absolute atomic E-state index is 0.0881. The van der Waals surface area contributed by atoms with Crippen molar-refractivity contribution in [1.29, 1.82) is 0 Å². The van der Waals surface area contributed by atoms with Crippen molar-refractivity contribution in [3.05, 3.63) is 88.5 Å². The highest BCUT2D eigenvalue weighted by Gasteiger charge is 2.53. The van der Waals surface area contributed by atoms with Gasteiger partial charge in [-0.05, 0) is 65.4 Å². The second-order valence-corrected chi connectivity index (χ2v) is 12.6. The molecule has 0 saturated carbocycles. The first-order valence-corrected chi connectivity index (χ1v) is 14.1. The molecule has 0 saturated heterocycles. The Morgan fingerprint density at radius 1 is 0.821 bits per heavy atom. The SMILES string of the molecule is CCN(CC)CCOc1ccc(C(C)(C)C)cc1C1(c2cc(C(C)(C)C)ccc2O)C(=O)Nc2ccccc21. The van der Waals surface area contributed by atoms with Crippen molar-refractivity contribution in [1.82, 2.24) is 4.90 Å². The van der Waals surface area contributed by atoms with Gasteiger partial charge in [-0.3, -0.25) is 4.79 Å². The van der Waals surface area contributed by atoms with Crippen LogP contribution >= 0.6 is 0 Å². The van der Waals surface area contributed by atoms with E-state index in [0.29, 0.717) is 17.9 Å². The number of hydrogen-bond donors (Lipinski definition) is 2. The van der Waals surface area contributed by atoms with Gasteiger partial charge in [0.1, 0.15) is 23.5 Å². The lowest BCUT2D eigenvalue weighted by Gasteiger charge is -2.34. The molecule has 0 bridgehead atoms. The lowest BCUT2D eigenvalue weighted by atomic mass is 9.67. The van der Waals surface area contributed by atoms with Crippen molar-refractivity contribution >= 4 is 11.6 Å². The third-order valence-electron chi connectivity index (χ3n) is 8.00. The maximum absolute atomic E-state index is 14.4. The van der Waals surface area contributed by atoms with Crippen LogP contribution in [0.4, 0.5) is 5.69 Å². The van der Waals surface area contributed by atoms with Gasteiger partial charge in [0.05, 0.1) is 0 Å². The number of carbonyl (C=O) groups is 1. The van der Waals surface area contributed by atoms with E-state index in [9.17, 15) is 9.90 Å². The third kappa shape index (κ3) is 5.29. The number of nitrogens with zero attached hydrogens (tertiary/aromatic N) is 1. The molecule has 4 rings (SSSR count). The molecular formula is C34H44N2O3. The van der Waals surface area contributed by atoms with Gasteiger partial charge in [0.15, 0.2) is 0 Å². The lowest BCUT2D eigenvalue weighted by Crippen LogP contribution is -2.38. The van der Waals surface area contributed by atoms with Crippen LogP contribution in [-0.2, 0) is 21.0 Å². The summed E-state index contributed by atoms with van der Waals surface area (Å²) in [5.41, 5.74) is 3.41. The summed E-state index contributed by atoms with van der Waals surface area (Å²) in [6.45, 7) is 20.4. The Bertz CT molecular complexity index is 1350. The molecule has 3 aromatic carbocycles. The second kappa shape index (κ2) is 10.7. The van der Waals surface area contributed by atoms with Crippen LogP contribution in [-0.4, -0.2) is 42.2 Å². The Morgan fingerprint density at radius 3 is 2.03 bits per heavy atom. The van der Waals surface area contributed by atoms with Crippen molar-refractivity contribution in [2.45, 2.75) is 71.6 Å². The molecule has 0 spiro atoms. The first-order chi connectivity index (χ1) is 18.3. The normalized spacial score (nSPS) is 17.3. The van der Waals surface area contributed by atoms with E-state index < -0.39 is 5.41 Å². The minimum Gasteiger partial charge on any atom is -0.508 e. The molecule has 5 nitrogen and oxygen atoms in total. The number of benzene rings is 3. The summed E-state index contributed by atoms with van der Waals surface area (Å²) in [7, 11) is 0. The van der Waals surface area contributed by atoms with E-state index in [2.05, 4.69) is 77.7 Å². The number of carbonyl (C=O) groups excluding carboxylic acids is 1. The van der Waals surface area contributed by atoms with E-state index >= 15 is 0 Å². The maximum atomic E-state index is 14.4. The Kier molecular flexibility index (Phi) is 7.86. The van der Waals surface area contributed by atoms with Crippen molar-refractivity contribution in [2.75, 3.05) is 31.6 Å². The number of para-hydroxylation sites is 1. The molecular weight excluding hydrogens is 484 g/mol. The van der Waals surface area contributed by atoms with Crippen molar-refractivity contribution in [2.24, 2.45) is 0 Å². The topological polar surface area (TPSA) is 61.8 Å². The van der Waals surface area contributed by atoms with Gasteiger partial charge in [-0.25, -0.2) is 0 Å². The summed E-state index contributed by atoms with van der Waals surface area (Å²) in [5.74, 6) is 0.553. The van der Waals surface area contributed by atoms with E-state index in [0.717, 1.165) is 47.6 Å². The zero-order valence-electron chi connectivity index (χ0n) is 24.8. The van der Waals surface area contributed by atoms with Gasteiger partial charge >= 0.3 is 0 Å². The molecule has 0 fully saturated rings. The van der Waals surface area contributed by atoms with E-state index in [1.54, 1.807) is 6.07 Å². The fourth-order valence-electron chi connectivity index (χ4n) is 5.48. The molecule has 208 valence electrons. The minimum atomic E-state index is -1.28. The molecule has 1 heterocycles. The number of aromatic hydroxyl groups is 1. The van der Waals surface area contributed by atoms with Crippen LogP contribution in [0.5, 0.6) is 11.5 Å². The van der Waals surface area contributed by atoms with Crippen LogP contribution in [0, 0.1) is 0 Å². The van der Waals surface area contributed by atoms with Crippen LogP contribution in [0.25, 0.3) is 0 Å². The molecule has 0 aromatic heterocycles. The monoisotopic (exact) mass is 528 g/mol. The molecule has 0 radical (unpaired) electrons. The van der Waals surface area contributed by atoms with Crippen LogP contribution in [0.1, 0.15) is 83.2 Å². The number of fused-ring (bicyclic) bond motifs is 1. The second-order valence-electron chi connectivity index (χ2n) is 12.6. The third-order valence-corrected chi connectivity index (χ3v) is 8.00. The average Bonchev–Trinajstić information content (AvgIpc) is 3.17. The highest BCUT2D eigenvalue weighted by atomic mass is 16.5. The van der Waals surface area contributed by atoms with E-state index in [1.165, 1.54) is 0 Å². The number of nitrogens with one attached hydrogen (secondary N) is 1. The Morgan fingerprint density at radius 2 is 1.41 bits per heavy atom. The molecule has 2 N–H and O–H groups in total. The van der Waals surface area contributed by atoms with Gasteiger partial charge < -0.3 is 20.1 Å². The number of rotatable bonds is 8. The molecule has 5 heteroatoms. The predicted molar refractivity (Wildman–Crippen MR) is 160 cm³/mol. The number of anilines is 1. The van der Waals surface area contributed by atoms with Crippen LogP contribution in [0.3, 0.4) is 0 Å². The summed E-state index contributed by atoms with van der Waals surface area (Å²) in [6, 6.07) is 19.7. The maximum Gasteiger partial charge on any atom is 0.244 e. The molecule has 1 amide bonds. The fourth-order valence-corrected chi connectivity index (χ4v) is 5.48. The lowest BCUT2D eigenvalue weighted by molar-refractivity contribution is -0.118. The van der Waals surface area contributed by atoms with E-state index in [4.69, 9.17) is 4.74 Å². The smallest absolute Gasteiger partial charge is 0.244 e. The molecule has 39 heavy (non-hydrogen) atoms. The Balaban J connectivity index is 2.04. The van der Waals surface area contributed by atoms with Gasteiger partial charge in [-0.2, -0.15) is 0 Å². The Hall–Kier alpha value is -3.31. The highest BCUT2D eigenvalue weighted by molar-refractivity contribution is 6.12. The van der Waals surface area contributed by atoms with Crippen molar-refractivity contribution in [3.8, 4) is 11.5 Å². The molecule has 3 aromatic rings. The Labute approximate surface area is 234 Å². The number of likely N-dealkylation sites (N-methyl/N-ethyl adjacent to an activating group) is 1. The average molecular weight is 529 g/mol. The molecule has 1 aliphatic heterocycles. The molecule has 0 aliphatic carbocycles. The van der Waals surface area contributed by atoms with Crippen LogP contribution < -0.4 is 10.1 Å².